The van der Waals surface area contributed by atoms with Crippen LogP contribution in [0.5, 0.6) is 17.2 Å². The summed E-state index contributed by atoms with van der Waals surface area (Å²) >= 11 is 6.28. The quantitative estimate of drug-likeness (QED) is 0.768. The Kier molecular flexibility index (Phi) is 6.53. The lowest BCUT2D eigenvalue weighted by Crippen LogP contribution is -2.14. The van der Waals surface area contributed by atoms with E-state index in [0.29, 0.717) is 40.1 Å². The van der Waals surface area contributed by atoms with E-state index in [1.54, 1.807) is 24.3 Å². The van der Waals surface area contributed by atoms with Crippen LogP contribution >= 0.6 is 11.6 Å². The monoisotopic (exact) mass is 363 g/mol. The molecule has 0 aliphatic carbocycles. The first-order valence-electron chi connectivity index (χ1n) is 8.03. The van der Waals surface area contributed by atoms with Crippen LogP contribution in [0, 0.1) is 0 Å². The smallest absolute Gasteiger partial charge is 0.255 e. The Morgan fingerprint density at radius 2 is 1.92 bits per heavy atom. The molecule has 0 aliphatic heterocycles. The van der Waals surface area contributed by atoms with Gasteiger partial charge in [-0.2, -0.15) is 0 Å². The van der Waals surface area contributed by atoms with Gasteiger partial charge < -0.3 is 19.5 Å². The third kappa shape index (κ3) is 4.79. The molecule has 6 heteroatoms. The molecule has 134 valence electrons. The fraction of sp³-hybridized carbons (Fsp3) is 0.316. The molecule has 0 aromatic heterocycles. The predicted octanol–water partition coefficient (Wildman–Crippen LogP) is 4.79. The molecular weight excluding hydrogens is 342 g/mol. The minimum Gasteiger partial charge on any atom is -0.493 e. The number of carbonyl (C=O) groups is 1. The molecule has 0 atom stereocenters. The maximum Gasteiger partial charge on any atom is 0.255 e. The van der Waals surface area contributed by atoms with Crippen molar-refractivity contribution in [3.63, 3.8) is 0 Å². The first kappa shape index (κ1) is 18.9. The number of benzene rings is 2. The highest BCUT2D eigenvalue weighted by Gasteiger charge is 2.17. The summed E-state index contributed by atoms with van der Waals surface area (Å²) in [7, 11) is 1.50. The second-order valence-electron chi connectivity index (χ2n) is 5.54. The topological polar surface area (TPSA) is 56.8 Å². The summed E-state index contributed by atoms with van der Waals surface area (Å²) in [5, 5.41) is 3.15. The molecular formula is C19H22ClNO4. The van der Waals surface area contributed by atoms with E-state index in [1.807, 2.05) is 32.9 Å². The number of carbonyl (C=O) groups excluding carboxylic acids is 1. The fourth-order valence-corrected chi connectivity index (χ4v) is 2.50. The summed E-state index contributed by atoms with van der Waals surface area (Å²) in [5.41, 5.74) is 0.955. The molecule has 0 aliphatic rings. The van der Waals surface area contributed by atoms with Crippen molar-refractivity contribution in [2.24, 2.45) is 0 Å². The normalized spacial score (nSPS) is 10.5. The molecule has 2 aromatic carbocycles. The van der Waals surface area contributed by atoms with E-state index < -0.39 is 0 Å². The maximum absolute atomic E-state index is 12.6. The van der Waals surface area contributed by atoms with Gasteiger partial charge in [0.15, 0.2) is 11.5 Å². The van der Waals surface area contributed by atoms with Crippen LogP contribution in [0.25, 0.3) is 0 Å². The lowest BCUT2D eigenvalue weighted by atomic mass is 10.1. The first-order chi connectivity index (χ1) is 12.0. The maximum atomic E-state index is 12.6. The van der Waals surface area contributed by atoms with Gasteiger partial charge in [-0.1, -0.05) is 23.7 Å². The molecule has 2 aromatic rings. The fourth-order valence-electron chi connectivity index (χ4n) is 2.25. The molecule has 25 heavy (non-hydrogen) atoms. The summed E-state index contributed by atoms with van der Waals surface area (Å²) in [6, 6.07) is 10.4. The van der Waals surface area contributed by atoms with Crippen LogP contribution in [0.1, 0.15) is 31.1 Å². The van der Waals surface area contributed by atoms with Crippen molar-refractivity contribution in [2.75, 3.05) is 19.0 Å². The van der Waals surface area contributed by atoms with Crippen molar-refractivity contribution < 1.29 is 19.0 Å². The Bertz CT molecular complexity index is 746. The summed E-state index contributed by atoms with van der Waals surface area (Å²) in [5.74, 6) is 1.12. The molecule has 0 fully saturated rings. The zero-order valence-corrected chi connectivity index (χ0v) is 15.5. The van der Waals surface area contributed by atoms with Gasteiger partial charge in [0.25, 0.3) is 5.91 Å². The number of hydrogen-bond acceptors (Lipinski definition) is 4. The number of amides is 1. The lowest BCUT2D eigenvalue weighted by Gasteiger charge is -2.16. The Morgan fingerprint density at radius 1 is 1.20 bits per heavy atom. The van der Waals surface area contributed by atoms with Gasteiger partial charge in [0.1, 0.15) is 5.75 Å². The number of ether oxygens (including phenoxy) is 3. The average molecular weight is 364 g/mol. The second-order valence-corrected chi connectivity index (χ2v) is 5.95. The molecule has 5 nitrogen and oxygen atoms in total. The molecule has 1 amide bonds. The van der Waals surface area contributed by atoms with Gasteiger partial charge >= 0.3 is 0 Å². The highest BCUT2D eigenvalue weighted by Crippen LogP contribution is 2.37. The number of rotatable bonds is 7. The van der Waals surface area contributed by atoms with Gasteiger partial charge in [-0.3, -0.25) is 4.79 Å². The highest BCUT2D eigenvalue weighted by atomic mass is 35.5. The van der Waals surface area contributed by atoms with Crippen molar-refractivity contribution in [2.45, 2.75) is 26.9 Å². The molecule has 0 bridgehead atoms. The molecule has 0 spiro atoms. The number of nitrogens with one attached hydrogen (secondary N) is 1. The summed E-state index contributed by atoms with van der Waals surface area (Å²) in [6.45, 7) is 6.17. The SMILES string of the molecule is CCOc1ccccc1NC(=O)c1cc(Cl)c(OC(C)C)c(OC)c1. The van der Waals surface area contributed by atoms with E-state index in [1.165, 1.54) is 7.11 Å². The Balaban J connectivity index is 2.29. The molecule has 0 saturated carbocycles. The van der Waals surface area contributed by atoms with E-state index in [9.17, 15) is 4.79 Å². The van der Waals surface area contributed by atoms with Crippen molar-refractivity contribution in [1.29, 1.82) is 0 Å². The van der Waals surface area contributed by atoms with E-state index in [-0.39, 0.29) is 12.0 Å². The predicted molar refractivity (Wildman–Crippen MR) is 99.3 cm³/mol. The second kappa shape index (κ2) is 8.62. The van der Waals surface area contributed by atoms with Crippen molar-refractivity contribution in [1.82, 2.24) is 0 Å². The molecule has 0 saturated heterocycles. The van der Waals surface area contributed by atoms with Crippen LogP contribution in [0.2, 0.25) is 5.02 Å². The number of anilines is 1. The number of para-hydroxylation sites is 2. The van der Waals surface area contributed by atoms with Gasteiger partial charge in [-0.15, -0.1) is 0 Å². The molecule has 0 unspecified atom stereocenters. The van der Waals surface area contributed by atoms with E-state index in [2.05, 4.69) is 5.32 Å². The molecule has 0 heterocycles. The van der Waals surface area contributed by atoms with Crippen molar-refractivity contribution in [3.05, 3.63) is 47.0 Å². The zero-order valence-electron chi connectivity index (χ0n) is 14.8. The number of methoxy groups -OCH3 is 1. The third-order valence-electron chi connectivity index (χ3n) is 3.28. The van der Waals surface area contributed by atoms with Crippen LogP contribution in [0.4, 0.5) is 5.69 Å². The highest BCUT2D eigenvalue weighted by molar-refractivity contribution is 6.32. The number of hydrogen-bond donors (Lipinski definition) is 1. The minimum absolute atomic E-state index is 0.0656. The van der Waals surface area contributed by atoms with Gasteiger partial charge in [0.2, 0.25) is 0 Å². The zero-order chi connectivity index (χ0) is 18.4. The Hall–Kier alpha value is -2.40. The van der Waals surface area contributed by atoms with Gasteiger partial charge in [-0.25, -0.2) is 0 Å². The average Bonchev–Trinajstić information content (AvgIpc) is 2.58. The summed E-state index contributed by atoms with van der Waals surface area (Å²) < 4.78 is 16.5. The Labute approximate surface area is 152 Å². The third-order valence-corrected chi connectivity index (χ3v) is 3.56. The molecule has 0 radical (unpaired) electrons. The van der Waals surface area contributed by atoms with Crippen LogP contribution < -0.4 is 19.5 Å². The van der Waals surface area contributed by atoms with E-state index >= 15 is 0 Å². The van der Waals surface area contributed by atoms with E-state index in [0.717, 1.165) is 0 Å². The van der Waals surface area contributed by atoms with Crippen LogP contribution in [-0.2, 0) is 0 Å². The number of halogens is 1. The minimum atomic E-state index is -0.316. The first-order valence-corrected chi connectivity index (χ1v) is 8.41. The summed E-state index contributed by atoms with van der Waals surface area (Å²) in [6.07, 6.45) is -0.0656. The lowest BCUT2D eigenvalue weighted by molar-refractivity contribution is 0.102. The van der Waals surface area contributed by atoms with Crippen molar-refractivity contribution >= 4 is 23.2 Å². The van der Waals surface area contributed by atoms with Gasteiger partial charge in [0, 0.05) is 5.56 Å². The van der Waals surface area contributed by atoms with E-state index in [4.69, 9.17) is 25.8 Å². The molecule has 1 N–H and O–H groups in total. The van der Waals surface area contributed by atoms with Gasteiger partial charge in [-0.05, 0) is 45.0 Å². The van der Waals surface area contributed by atoms with Gasteiger partial charge in [0.05, 0.1) is 30.5 Å². The Morgan fingerprint density at radius 3 is 2.56 bits per heavy atom. The van der Waals surface area contributed by atoms with Crippen LogP contribution in [0.15, 0.2) is 36.4 Å². The molecule has 2 rings (SSSR count). The largest absolute Gasteiger partial charge is 0.493 e. The standard InChI is InChI=1S/C19H22ClNO4/c1-5-24-16-9-7-6-8-15(16)21-19(22)13-10-14(20)18(25-12(2)3)17(11-13)23-4/h6-12H,5H2,1-4H3,(H,21,22). The summed E-state index contributed by atoms with van der Waals surface area (Å²) in [4.78, 5) is 12.6. The van der Waals surface area contributed by atoms with Crippen molar-refractivity contribution in [3.8, 4) is 17.2 Å². The van der Waals surface area contributed by atoms with Crippen LogP contribution in [-0.4, -0.2) is 25.7 Å². The van der Waals surface area contributed by atoms with Crippen LogP contribution in [0.3, 0.4) is 0 Å².